The van der Waals surface area contributed by atoms with Gasteiger partial charge >= 0.3 is 17.1 Å². The molecule has 1 aromatic rings. The van der Waals surface area contributed by atoms with Gasteiger partial charge in [0.2, 0.25) is 0 Å². The van der Waals surface area contributed by atoms with Crippen LogP contribution in [0.5, 0.6) is 0 Å². The fraction of sp³-hybridized carbons (Fsp3) is 0.727. The van der Waals surface area contributed by atoms with Crippen molar-refractivity contribution in [2.45, 2.75) is 33.9 Å². The SMILES string of the molecule is CCn1c(=O)n(CC(C)C)c(=O)n(N(C)C)c1=O. The molecule has 0 spiro atoms. The van der Waals surface area contributed by atoms with Crippen molar-refractivity contribution >= 4 is 0 Å². The van der Waals surface area contributed by atoms with Gasteiger partial charge in [0.15, 0.2) is 0 Å². The van der Waals surface area contributed by atoms with Crippen LogP contribution in [0, 0.1) is 5.92 Å². The first-order valence-electron chi connectivity index (χ1n) is 5.95. The molecule has 1 rings (SSSR count). The van der Waals surface area contributed by atoms with Crippen LogP contribution in [0.4, 0.5) is 0 Å². The Balaban J connectivity index is 3.73. The minimum absolute atomic E-state index is 0.147. The van der Waals surface area contributed by atoms with Gasteiger partial charge in [-0.2, -0.15) is 4.68 Å². The van der Waals surface area contributed by atoms with Gasteiger partial charge in [-0.15, -0.1) is 0 Å². The van der Waals surface area contributed by atoms with Crippen molar-refractivity contribution in [2.24, 2.45) is 5.92 Å². The molecule has 1 heterocycles. The molecule has 0 aromatic carbocycles. The number of hydrogen-bond donors (Lipinski definition) is 0. The highest BCUT2D eigenvalue weighted by atomic mass is 16.2. The number of rotatable bonds is 4. The summed E-state index contributed by atoms with van der Waals surface area (Å²) >= 11 is 0. The van der Waals surface area contributed by atoms with E-state index in [1.54, 1.807) is 21.0 Å². The fourth-order valence-electron chi connectivity index (χ4n) is 1.75. The molecule has 0 unspecified atom stereocenters. The number of nitrogens with zero attached hydrogens (tertiary/aromatic N) is 4. The summed E-state index contributed by atoms with van der Waals surface area (Å²) in [5, 5.41) is 1.38. The highest BCUT2D eigenvalue weighted by Gasteiger charge is 2.16. The van der Waals surface area contributed by atoms with Crippen LogP contribution in [0.15, 0.2) is 14.4 Å². The third-order valence-corrected chi connectivity index (χ3v) is 2.55. The maximum Gasteiger partial charge on any atom is 0.355 e. The summed E-state index contributed by atoms with van der Waals surface area (Å²) in [6.07, 6.45) is 0. The Morgan fingerprint density at radius 1 is 1.00 bits per heavy atom. The second-order valence-electron chi connectivity index (χ2n) is 4.76. The Bertz CT molecular complexity index is 592. The lowest BCUT2D eigenvalue weighted by atomic mass is 10.2. The van der Waals surface area contributed by atoms with Gasteiger partial charge in [0.1, 0.15) is 0 Å². The third-order valence-electron chi connectivity index (χ3n) is 2.55. The monoisotopic (exact) mass is 256 g/mol. The van der Waals surface area contributed by atoms with E-state index in [0.29, 0.717) is 6.54 Å². The Labute approximate surface area is 105 Å². The molecule has 1 aromatic heterocycles. The molecule has 0 aliphatic rings. The van der Waals surface area contributed by atoms with Gasteiger partial charge in [-0.05, 0) is 12.8 Å². The predicted octanol–water partition coefficient (Wildman–Crippen LogP) is -0.955. The van der Waals surface area contributed by atoms with Crippen molar-refractivity contribution in [3.05, 3.63) is 31.5 Å². The fourth-order valence-corrected chi connectivity index (χ4v) is 1.75. The minimum atomic E-state index is -0.600. The zero-order chi connectivity index (χ0) is 14.0. The van der Waals surface area contributed by atoms with Crippen LogP contribution in [0.3, 0.4) is 0 Å². The largest absolute Gasteiger partial charge is 0.355 e. The lowest BCUT2D eigenvalue weighted by Crippen LogP contribution is -2.59. The molecule has 0 aliphatic carbocycles. The molecule has 0 bridgehead atoms. The normalized spacial score (nSPS) is 11.0. The van der Waals surface area contributed by atoms with Crippen LogP contribution in [0.1, 0.15) is 20.8 Å². The van der Waals surface area contributed by atoms with Gasteiger partial charge in [-0.3, -0.25) is 0 Å². The molecule has 0 amide bonds. The molecule has 18 heavy (non-hydrogen) atoms. The van der Waals surface area contributed by atoms with Crippen molar-refractivity contribution in [3.8, 4) is 0 Å². The summed E-state index contributed by atoms with van der Waals surface area (Å²) in [6, 6.07) is 0. The maximum atomic E-state index is 12.1. The highest BCUT2D eigenvalue weighted by Crippen LogP contribution is 1.92. The van der Waals surface area contributed by atoms with E-state index < -0.39 is 17.1 Å². The second kappa shape index (κ2) is 5.24. The van der Waals surface area contributed by atoms with Crippen LogP contribution in [-0.2, 0) is 13.1 Å². The van der Waals surface area contributed by atoms with Crippen molar-refractivity contribution in [1.29, 1.82) is 0 Å². The Kier molecular flexibility index (Phi) is 4.15. The van der Waals surface area contributed by atoms with Crippen LogP contribution < -0.4 is 22.1 Å². The van der Waals surface area contributed by atoms with Gasteiger partial charge in [0.25, 0.3) is 0 Å². The van der Waals surface area contributed by atoms with Gasteiger partial charge in [-0.1, -0.05) is 13.8 Å². The molecule has 0 saturated heterocycles. The molecular formula is C11H20N4O3. The molecule has 0 aliphatic heterocycles. The average molecular weight is 256 g/mol. The van der Waals surface area contributed by atoms with E-state index in [4.69, 9.17) is 0 Å². The van der Waals surface area contributed by atoms with Crippen LogP contribution in [-0.4, -0.2) is 27.9 Å². The zero-order valence-electron chi connectivity index (χ0n) is 11.5. The second-order valence-corrected chi connectivity index (χ2v) is 4.76. The number of aromatic nitrogens is 3. The molecule has 7 heteroatoms. The summed E-state index contributed by atoms with van der Waals surface area (Å²) < 4.78 is 3.13. The van der Waals surface area contributed by atoms with E-state index in [1.165, 1.54) is 5.01 Å². The van der Waals surface area contributed by atoms with Crippen LogP contribution >= 0.6 is 0 Å². The minimum Gasteiger partial charge on any atom is -0.311 e. The molecular weight excluding hydrogens is 236 g/mol. The van der Waals surface area contributed by atoms with Crippen molar-refractivity contribution in [1.82, 2.24) is 13.8 Å². The van der Waals surface area contributed by atoms with E-state index in [2.05, 4.69) is 0 Å². The first-order valence-corrected chi connectivity index (χ1v) is 5.95. The summed E-state index contributed by atoms with van der Waals surface area (Å²) in [5.74, 6) is 0.147. The van der Waals surface area contributed by atoms with Gasteiger partial charge < -0.3 is 5.01 Å². The van der Waals surface area contributed by atoms with E-state index in [9.17, 15) is 14.4 Å². The summed E-state index contributed by atoms with van der Waals surface area (Å²) in [7, 11) is 3.18. The molecule has 0 fully saturated rings. The molecule has 7 nitrogen and oxygen atoms in total. The maximum absolute atomic E-state index is 12.1. The Morgan fingerprint density at radius 3 is 1.89 bits per heavy atom. The van der Waals surface area contributed by atoms with E-state index in [1.807, 2.05) is 13.8 Å². The van der Waals surface area contributed by atoms with E-state index >= 15 is 0 Å². The van der Waals surface area contributed by atoms with Gasteiger partial charge in [0.05, 0.1) is 0 Å². The van der Waals surface area contributed by atoms with Gasteiger partial charge in [0, 0.05) is 27.2 Å². The Hall–Kier alpha value is -1.79. The first kappa shape index (κ1) is 14.3. The molecule has 102 valence electrons. The summed E-state index contributed by atoms with van der Waals surface area (Å²) in [5.41, 5.74) is -1.73. The van der Waals surface area contributed by atoms with E-state index in [0.717, 1.165) is 13.8 Å². The molecule has 0 saturated carbocycles. The lowest BCUT2D eigenvalue weighted by molar-refractivity contribution is 0.415. The average Bonchev–Trinajstić information content (AvgIpc) is 2.24. The lowest BCUT2D eigenvalue weighted by Gasteiger charge is -2.18. The highest BCUT2D eigenvalue weighted by molar-refractivity contribution is 4.84. The standard InChI is InChI=1S/C11H20N4O3/c1-6-13-9(16)14(7-8(2)3)11(18)15(10(13)17)12(4)5/h8H,6-7H2,1-5H3. The van der Waals surface area contributed by atoms with E-state index in [-0.39, 0.29) is 12.5 Å². The van der Waals surface area contributed by atoms with Crippen molar-refractivity contribution < 1.29 is 0 Å². The molecule has 0 atom stereocenters. The number of hydrogen-bond acceptors (Lipinski definition) is 4. The zero-order valence-corrected chi connectivity index (χ0v) is 11.5. The summed E-state index contributed by atoms with van der Waals surface area (Å²) in [4.78, 5) is 36.2. The first-order chi connectivity index (χ1) is 8.31. The molecule has 0 N–H and O–H groups in total. The van der Waals surface area contributed by atoms with Crippen LogP contribution in [0.25, 0.3) is 0 Å². The van der Waals surface area contributed by atoms with Gasteiger partial charge in [-0.25, -0.2) is 23.5 Å². The smallest absolute Gasteiger partial charge is 0.311 e. The molecule has 0 radical (unpaired) electrons. The topological polar surface area (TPSA) is 69.2 Å². The van der Waals surface area contributed by atoms with Crippen molar-refractivity contribution in [3.63, 3.8) is 0 Å². The Morgan fingerprint density at radius 2 is 1.50 bits per heavy atom. The van der Waals surface area contributed by atoms with Crippen molar-refractivity contribution in [2.75, 3.05) is 19.1 Å². The summed E-state index contributed by atoms with van der Waals surface area (Å²) in [6.45, 7) is 6.06. The van der Waals surface area contributed by atoms with Crippen LogP contribution in [0.2, 0.25) is 0 Å². The quantitative estimate of drug-likeness (QED) is 0.696. The third kappa shape index (κ3) is 2.39. The predicted molar refractivity (Wildman–Crippen MR) is 69.8 cm³/mol.